The van der Waals surface area contributed by atoms with Crippen LogP contribution in [0.25, 0.3) is 0 Å². The zero-order chi connectivity index (χ0) is 22.0. The summed E-state index contributed by atoms with van der Waals surface area (Å²) in [5.41, 5.74) is -1.81. The number of hydrogen-bond donors (Lipinski definition) is 0. The van der Waals surface area contributed by atoms with E-state index in [0.29, 0.717) is 24.7 Å². The molecule has 1 aliphatic carbocycles. The van der Waals surface area contributed by atoms with Crippen molar-refractivity contribution in [1.82, 2.24) is 0 Å². The molecule has 0 aromatic heterocycles. The Kier molecular flexibility index (Phi) is 11.0. The number of ether oxygens (including phenoxy) is 2. The first-order valence-corrected chi connectivity index (χ1v) is 11.4. The van der Waals surface area contributed by atoms with Gasteiger partial charge in [-0.1, -0.05) is 59.3 Å². The molecule has 1 saturated carbocycles. The number of unbranched alkanes of at least 4 members (excludes halogenated alkanes) is 6. The van der Waals surface area contributed by atoms with E-state index in [2.05, 4.69) is 20.8 Å². The lowest BCUT2D eigenvalue weighted by Gasteiger charge is -2.41. The molecule has 0 aromatic rings. The fourth-order valence-corrected chi connectivity index (χ4v) is 4.08. The largest absolute Gasteiger partial charge is 0.466 e. The number of carbonyl (C=O) groups is 1. The molecule has 1 rings (SSSR count). The van der Waals surface area contributed by atoms with Gasteiger partial charge in [-0.15, -0.1) is 0 Å². The normalized spacial score (nSPS) is 23.2. The van der Waals surface area contributed by atoms with Crippen LogP contribution in [0.15, 0.2) is 0 Å². The number of hydrogen-bond acceptors (Lipinski definition) is 3. The second-order valence-electron chi connectivity index (χ2n) is 9.67. The highest BCUT2D eigenvalue weighted by Gasteiger charge is 2.58. The van der Waals surface area contributed by atoms with E-state index in [4.69, 9.17) is 9.47 Å². The maximum Gasteiger partial charge on any atom is 0.417 e. The van der Waals surface area contributed by atoms with Crippen molar-refractivity contribution >= 4 is 5.97 Å². The minimum Gasteiger partial charge on any atom is -0.466 e. The van der Waals surface area contributed by atoms with E-state index in [1.54, 1.807) is 6.92 Å². The summed E-state index contributed by atoms with van der Waals surface area (Å²) in [6.45, 7) is 8.70. The van der Waals surface area contributed by atoms with Crippen LogP contribution < -0.4 is 0 Å². The molecule has 1 aliphatic rings. The van der Waals surface area contributed by atoms with Crippen LogP contribution in [0.4, 0.5) is 13.2 Å². The van der Waals surface area contributed by atoms with Gasteiger partial charge in [0.05, 0.1) is 12.5 Å². The van der Waals surface area contributed by atoms with Gasteiger partial charge in [0.15, 0.2) is 5.60 Å². The second kappa shape index (κ2) is 12.2. The first-order valence-electron chi connectivity index (χ1n) is 11.4. The van der Waals surface area contributed by atoms with Crippen molar-refractivity contribution in [2.24, 2.45) is 11.3 Å². The van der Waals surface area contributed by atoms with Crippen LogP contribution in [0.1, 0.15) is 105 Å². The average molecular weight is 423 g/mol. The molecule has 3 nitrogen and oxygen atoms in total. The second-order valence-corrected chi connectivity index (χ2v) is 9.67. The molecule has 172 valence electrons. The molecule has 0 heterocycles. The van der Waals surface area contributed by atoms with Gasteiger partial charge in [-0.05, 0) is 50.9 Å². The van der Waals surface area contributed by atoms with Crippen molar-refractivity contribution in [1.29, 1.82) is 0 Å². The topological polar surface area (TPSA) is 35.5 Å². The lowest BCUT2D eigenvalue weighted by Crippen LogP contribution is -2.52. The molecule has 0 amide bonds. The van der Waals surface area contributed by atoms with E-state index in [-0.39, 0.29) is 26.1 Å². The maximum absolute atomic E-state index is 13.8. The monoisotopic (exact) mass is 422 g/mol. The number of carbonyl (C=O) groups excluding carboxylic acids is 1. The molecule has 0 radical (unpaired) electrons. The smallest absolute Gasteiger partial charge is 0.417 e. The highest BCUT2D eigenvalue weighted by Crippen LogP contribution is 2.46. The molecule has 0 N–H and O–H groups in total. The third-order valence-electron chi connectivity index (χ3n) is 5.80. The van der Waals surface area contributed by atoms with Crippen molar-refractivity contribution in [2.75, 3.05) is 13.2 Å². The predicted molar refractivity (Wildman–Crippen MR) is 110 cm³/mol. The van der Waals surface area contributed by atoms with E-state index in [1.807, 2.05) is 0 Å². The molecule has 29 heavy (non-hydrogen) atoms. The Bertz CT molecular complexity index is 471. The van der Waals surface area contributed by atoms with Crippen LogP contribution in [0.2, 0.25) is 0 Å². The van der Waals surface area contributed by atoms with Crippen molar-refractivity contribution < 1.29 is 27.4 Å². The van der Waals surface area contributed by atoms with Crippen LogP contribution in [0, 0.1) is 11.3 Å². The summed E-state index contributed by atoms with van der Waals surface area (Å²) in [6, 6.07) is 0. The van der Waals surface area contributed by atoms with Crippen LogP contribution in [-0.4, -0.2) is 31.0 Å². The van der Waals surface area contributed by atoms with Crippen LogP contribution in [-0.2, 0) is 14.3 Å². The molecular formula is C23H41F3O3. The fourth-order valence-electron chi connectivity index (χ4n) is 4.08. The Morgan fingerprint density at radius 2 is 1.59 bits per heavy atom. The van der Waals surface area contributed by atoms with Gasteiger partial charge in [-0.25, -0.2) is 0 Å². The quantitative estimate of drug-likeness (QED) is 0.246. The van der Waals surface area contributed by atoms with Gasteiger partial charge in [0.25, 0.3) is 0 Å². The van der Waals surface area contributed by atoms with Gasteiger partial charge in [-0.2, -0.15) is 13.2 Å². The summed E-state index contributed by atoms with van der Waals surface area (Å²) < 4.78 is 51.7. The maximum atomic E-state index is 13.8. The minimum absolute atomic E-state index is 0.0693. The van der Waals surface area contributed by atoms with Gasteiger partial charge >= 0.3 is 12.1 Å². The number of alkyl halides is 3. The lowest BCUT2D eigenvalue weighted by atomic mass is 9.77. The Morgan fingerprint density at radius 1 is 1.00 bits per heavy atom. The molecule has 0 aromatic carbocycles. The molecule has 1 fully saturated rings. The lowest BCUT2D eigenvalue weighted by molar-refractivity contribution is -0.292. The van der Waals surface area contributed by atoms with Crippen molar-refractivity contribution in [3.05, 3.63) is 0 Å². The molecule has 0 spiro atoms. The van der Waals surface area contributed by atoms with E-state index >= 15 is 0 Å². The Morgan fingerprint density at radius 3 is 2.14 bits per heavy atom. The van der Waals surface area contributed by atoms with Crippen LogP contribution >= 0.6 is 0 Å². The Hall–Kier alpha value is -0.780. The number of rotatable bonds is 12. The molecule has 0 saturated heterocycles. The molecule has 6 heteroatoms. The van der Waals surface area contributed by atoms with Crippen molar-refractivity contribution in [3.8, 4) is 0 Å². The van der Waals surface area contributed by atoms with Crippen molar-refractivity contribution in [3.63, 3.8) is 0 Å². The van der Waals surface area contributed by atoms with E-state index in [1.165, 1.54) is 25.7 Å². The minimum atomic E-state index is -4.47. The first-order chi connectivity index (χ1) is 13.5. The summed E-state index contributed by atoms with van der Waals surface area (Å²) in [5.74, 6) is -1.26. The van der Waals surface area contributed by atoms with Crippen molar-refractivity contribution in [2.45, 2.75) is 117 Å². The number of esters is 1. The Labute approximate surface area is 175 Å². The third-order valence-corrected chi connectivity index (χ3v) is 5.80. The Balaban J connectivity index is 2.32. The highest BCUT2D eigenvalue weighted by atomic mass is 19.4. The van der Waals surface area contributed by atoms with Crippen LogP contribution in [0.5, 0.6) is 0 Å². The summed E-state index contributed by atoms with van der Waals surface area (Å²) in [7, 11) is 0. The van der Waals surface area contributed by atoms with Crippen LogP contribution in [0.3, 0.4) is 0 Å². The molecule has 0 bridgehead atoms. The van der Waals surface area contributed by atoms with E-state index in [9.17, 15) is 18.0 Å². The SMILES string of the molecule is CCOC(=O)C1CCCC(OCCCCCCCCCC(C)(C)C)(C(F)(F)F)C1. The zero-order valence-electron chi connectivity index (χ0n) is 18.8. The van der Waals surface area contributed by atoms with E-state index < -0.39 is 23.7 Å². The fraction of sp³-hybridized carbons (Fsp3) is 0.957. The summed E-state index contributed by atoms with van der Waals surface area (Å²) in [6.07, 6.45) is 4.46. The highest BCUT2D eigenvalue weighted by molar-refractivity contribution is 5.72. The van der Waals surface area contributed by atoms with Gasteiger partial charge in [0.2, 0.25) is 0 Å². The summed E-state index contributed by atoms with van der Waals surface area (Å²) >= 11 is 0. The average Bonchev–Trinajstić information content (AvgIpc) is 2.62. The van der Waals surface area contributed by atoms with E-state index in [0.717, 1.165) is 19.3 Å². The summed E-state index contributed by atoms with van der Waals surface area (Å²) in [5, 5.41) is 0. The van der Waals surface area contributed by atoms with Gasteiger partial charge < -0.3 is 9.47 Å². The predicted octanol–water partition coefficient (Wildman–Crippen LogP) is 7.22. The molecule has 2 atom stereocenters. The molecule has 2 unspecified atom stereocenters. The van der Waals surface area contributed by atoms with Gasteiger partial charge in [0, 0.05) is 6.61 Å². The third kappa shape index (κ3) is 9.71. The first kappa shape index (κ1) is 26.3. The number of halogens is 3. The van der Waals surface area contributed by atoms with Gasteiger partial charge in [0.1, 0.15) is 0 Å². The van der Waals surface area contributed by atoms with Gasteiger partial charge in [-0.3, -0.25) is 4.79 Å². The zero-order valence-corrected chi connectivity index (χ0v) is 18.8. The molecular weight excluding hydrogens is 381 g/mol. The summed E-state index contributed by atoms with van der Waals surface area (Å²) in [4.78, 5) is 11.9. The standard InChI is InChI=1S/C23H41F3O3/c1-5-28-20(27)19-14-13-16-22(18-19,23(24,25)26)29-17-12-10-8-6-7-9-11-15-21(2,3)4/h19H,5-18H2,1-4H3. The molecule has 0 aliphatic heterocycles.